The third-order valence-corrected chi connectivity index (χ3v) is 2.54. The molecule has 15 heavy (non-hydrogen) atoms. The summed E-state index contributed by atoms with van der Waals surface area (Å²) in [6, 6.07) is 8.79. The number of fused-ring (bicyclic) bond motifs is 1. The molecule has 0 aliphatic rings. The Balaban J connectivity index is 2.71. The van der Waals surface area contributed by atoms with Gasteiger partial charge >= 0.3 is 0 Å². The van der Waals surface area contributed by atoms with Crippen LogP contribution in [0.3, 0.4) is 0 Å². The molecule has 0 unspecified atom stereocenters. The Bertz CT molecular complexity index is 530. The van der Waals surface area contributed by atoms with Crippen LogP contribution in [0.5, 0.6) is 0 Å². The van der Waals surface area contributed by atoms with Gasteiger partial charge < -0.3 is 10.1 Å². The van der Waals surface area contributed by atoms with Gasteiger partial charge in [-0.25, -0.2) is 0 Å². The molecule has 1 aromatic carbocycles. The van der Waals surface area contributed by atoms with Crippen molar-refractivity contribution in [1.29, 1.82) is 0 Å². The van der Waals surface area contributed by atoms with Crippen LogP contribution in [0.15, 0.2) is 35.1 Å². The van der Waals surface area contributed by atoms with Gasteiger partial charge in [-0.05, 0) is 24.1 Å². The fraction of sp³-hybridized carbons (Fsp3) is 0.250. The van der Waals surface area contributed by atoms with Crippen LogP contribution in [-0.4, -0.2) is 10.1 Å². The Kier molecular flexibility index (Phi) is 2.56. The smallest absolute Gasteiger partial charge is 0.248 e. The fourth-order valence-electron chi connectivity index (χ4n) is 1.72. The lowest BCUT2D eigenvalue weighted by Crippen LogP contribution is -2.04. The van der Waals surface area contributed by atoms with Crippen molar-refractivity contribution in [2.24, 2.45) is 0 Å². The van der Waals surface area contributed by atoms with E-state index in [-0.39, 0.29) is 5.56 Å². The molecule has 1 aromatic heterocycles. The van der Waals surface area contributed by atoms with Crippen LogP contribution in [0.4, 0.5) is 0 Å². The Morgan fingerprint density at radius 3 is 2.87 bits per heavy atom. The summed E-state index contributed by atoms with van der Waals surface area (Å²) in [5.41, 5.74) is 1.52. The summed E-state index contributed by atoms with van der Waals surface area (Å²) in [4.78, 5) is 13.9. The first-order valence-corrected chi connectivity index (χ1v) is 5.02. The predicted molar refractivity (Wildman–Crippen MR) is 59.8 cm³/mol. The Morgan fingerprint density at radius 1 is 1.33 bits per heavy atom. The van der Waals surface area contributed by atoms with E-state index in [2.05, 4.69) is 4.98 Å². The lowest BCUT2D eigenvalue weighted by atomic mass is 10.0. The molecule has 0 aliphatic heterocycles. The quantitative estimate of drug-likeness (QED) is 0.784. The number of nitrogens with one attached hydrogen (secondary N) is 1. The van der Waals surface area contributed by atoms with Crippen molar-refractivity contribution in [1.82, 2.24) is 4.98 Å². The molecule has 0 aliphatic carbocycles. The van der Waals surface area contributed by atoms with Crippen LogP contribution >= 0.6 is 0 Å². The van der Waals surface area contributed by atoms with E-state index in [1.165, 1.54) is 6.07 Å². The number of H-pyrrole nitrogens is 1. The van der Waals surface area contributed by atoms with E-state index < -0.39 is 6.10 Å². The average Bonchev–Trinajstić information content (AvgIpc) is 2.26. The average molecular weight is 203 g/mol. The Labute approximate surface area is 87.4 Å². The van der Waals surface area contributed by atoms with E-state index >= 15 is 0 Å². The molecule has 0 saturated carbocycles. The van der Waals surface area contributed by atoms with Crippen molar-refractivity contribution in [2.45, 2.75) is 19.4 Å². The normalized spacial score (nSPS) is 12.9. The maximum Gasteiger partial charge on any atom is 0.248 e. The molecule has 0 radical (unpaired) electrons. The molecule has 1 heterocycles. The van der Waals surface area contributed by atoms with E-state index in [4.69, 9.17) is 0 Å². The summed E-state index contributed by atoms with van der Waals surface area (Å²) in [7, 11) is 0. The highest BCUT2D eigenvalue weighted by Gasteiger charge is 2.08. The zero-order valence-electron chi connectivity index (χ0n) is 8.53. The molecule has 0 spiro atoms. The minimum absolute atomic E-state index is 0.120. The van der Waals surface area contributed by atoms with Gasteiger partial charge in [-0.3, -0.25) is 4.79 Å². The van der Waals surface area contributed by atoms with Crippen molar-refractivity contribution in [3.8, 4) is 0 Å². The van der Waals surface area contributed by atoms with Crippen molar-refractivity contribution in [3.63, 3.8) is 0 Å². The van der Waals surface area contributed by atoms with Gasteiger partial charge in [0.1, 0.15) is 0 Å². The third-order valence-electron chi connectivity index (χ3n) is 2.54. The number of benzene rings is 1. The fourth-order valence-corrected chi connectivity index (χ4v) is 1.72. The number of hydrogen-bond acceptors (Lipinski definition) is 2. The number of pyridine rings is 1. The van der Waals surface area contributed by atoms with Gasteiger partial charge in [0.2, 0.25) is 5.56 Å². The molecule has 1 atom stereocenters. The van der Waals surface area contributed by atoms with Gasteiger partial charge in [-0.1, -0.05) is 19.1 Å². The largest absolute Gasteiger partial charge is 0.388 e. The van der Waals surface area contributed by atoms with Crippen molar-refractivity contribution in [3.05, 3.63) is 46.2 Å². The molecule has 2 N–H and O–H groups in total. The highest BCUT2D eigenvalue weighted by Crippen LogP contribution is 2.23. The van der Waals surface area contributed by atoms with Crippen molar-refractivity contribution in [2.75, 3.05) is 0 Å². The summed E-state index contributed by atoms with van der Waals surface area (Å²) in [6.45, 7) is 1.93. The van der Waals surface area contributed by atoms with E-state index in [9.17, 15) is 9.90 Å². The zero-order valence-corrected chi connectivity index (χ0v) is 8.53. The molecule has 2 rings (SSSR count). The molecule has 3 nitrogen and oxygen atoms in total. The number of aromatic amines is 1. The number of aromatic nitrogens is 1. The first kappa shape index (κ1) is 9.93. The van der Waals surface area contributed by atoms with Gasteiger partial charge in [-0.2, -0.15) is 0 Å². The number of hydrogen-bond donors (Lipinski definition) is 2. The third kappa shape index (κ3) is 1.78. The van der Waals surface area contributed by atoms with Gasteiger partial charge in [-0.15, -0.1) is 0 Å². The highest BCUT2D eigenvalue weighted by atomic mass is 16.3. The van der Waals surface area contributed by atoms with E-state index in [0.717, 1.165) is 16.5 Å². The molecular weight excluding hydrogens is 190 g/mol. The maximum absolute atomic E-state index is 11.1. The number of rotatable bonds is 2. The van der Waals surface area contributed by atoms with E-state index in [1.807, 2.05) is 25.1 Å². The lowest BCUT2D eigenvalue weighted by Gasteiger charge is -2.10. The van der Waals surface area contributed by atoms with Crippen LogP contribution in [0, 0.1) is 0 Å². The second-order valence-corrected chi connectivity index (χ2v) is 3.56. The van der Waals surface area contributed by atoms with E-state index in [0.29, 0.717) is 6.42 Å². The molecule has 0 amide bonds. The Morgan fingerprint density at radius 2 is 2.13 bits per heavy atom. The van der Waals surface area contributed by atoms with Gasteiger partial charge in [0.05, 0.1) is 6.10 Å². The SMILES string of the molecule is CC[C@H](O)c1cccc2[nH]c(=O)ccc12. The highest BCUT2D eigenvalue weighted by molar-refractivity contribution is 5.82. The van der Waals surface area contributed by atoms with Crippen LogP contribution < -0.4 is 5.56 Å². The standard InChI is InChI=1S/C12H13NO2/c1-2-11(14)9-4-3-5-10-8(9)6-7-12(15)13-10/h3-7,11,14H,2H2,1H3,(H,13,15)/t11-/m0/s1. The number of aliphatic hydroxyl groups is 1. The van der Waals surface area contributed by atoms with Crippen LogP contribution in [0.2, 0.25) is 0 Å². The summed E-state index contributed by atoms with van der Waals surface area (Å²) < 4.78 is 0. The van der Waals surface area contributed by atoms with Crippen molar-refractivity contribution >= 4 is 10.9 Å². The van der Waals surface area contributed by atoms with Crippen LogP contribution in [-0.2, 0) is 0 Å². The maximum atomic E-state index is 11.1. The molecule has 0 saturated heterocycles. The van der Waals surface area contributed by atoms with Crippen molar-refractivity contribution < 1.29 is 5.11 Å². The number of aliphatic hydroxyl groups excluding tert-OH is 1. The summed E-state index contributed by atoms with van der Waals surface area (Å²) in [5, 5.41) is 10.7. The van der Waals surface area contributed by atoms with Gasteiger partial charge in [0.15, 0.2) is 0 Å². The first-order valence-electron chi connectivity index (χ1n) is 5.02. The second kappa shape index (κ2) is 3.87. The Hall–Kier alpha value is -1.61. The lowest BCUT2D eigenvalue weighted by molar-refractivity contribution is 0.175. The summed E-state index contributed by atoms with van der Waals surface area (Å²) >= 11 is 0. The molecule has 3 heteroatoms. The minimum atomic E-state index is -0.473. The molecular formula is C12H13NO2. The molecule has 2 aromatic rings. The summed E-state index contributed by atoms with van der Waals surface area (Å²) in [6.07, 6.45) is 0.192. The monoisotopic (exact) mass is 203 g/mol. The predicted octanol–water partition coefficient (Wildman–Crippen LogP) is 1.97. The van der Waals surface area contributed by atoms with Gasteiger partial charge in [0.25, 0.3) is 0 Å². The molecule has 78 valence electrons. The summed E-state index contributed by atoms with van der Waals surface area (Å²) in [5.74, 6) is 0. The first-order chi connectivity index (χ1) is 7.22. The minimum Gasteiger partial charge on any atom is -0.388 e. The van der Waals surface area contributed by atoms with Crippen LogP contribution in [0.1, 0.15) is 25.0 Å². The zero-order chi connectivity index (χ0) is 10.8. The topological polar surface area (TPSA) is 53.1 Å². The van der Waals surface area contributed by atoms with E-state index in [1.54, 1.807) is 6.07 Å². The molecule has 0 bridgehead atoms. The second-order valence-electron chi connectivity index (χ2n) is 3.56. The van der Waals surface area contributed by atoms with Gasteiger partial charge in [0, 0.05) is 17.0 Å². The molecule has 0 fully saturated rings. The van der Waals surface area contributed by atoms with Crippen LogP contribution in [0.25, 0.3) is 10.9 Å².